The number of pyridine rings is 1. The predicted molar refractivity (Wildman–Crippen MR) is 131 cm³/mol. The predicted octanol–water partition coefficient (Wildman–Crippen LogP) is 7.35. The Morgan fingerprint density at radius 2 is 1.71 bits per heavy atom. The minimum Gasteiger partial charge on any atom is -0.298 e. The van der Waals surface area contributed by atoms with Gasteiger partial charge in [-0.1, -0.05) is 79.6 Å². The second-order valence-corrected chi connectivity index (χ2v) is 8.07. The molecule has 0 aliphatic heterocycles. The molecule has 2 heterocycles. The summed E-state index contributed by atoms with van der Waals surface area (Å²) in [6.45, 7) is 2.20. The number of rotatable bonds is 5. The maximum Gasteiger partial charge on any atom is 0.108 e. The molecule has 152 valence electrons. The number of halogens is 1. The van der Waals surface area contributed by atoms with Crippen molar-refractivity contribution in [2.24, 2.45) is 0 Å². The highest BCUT2D eigenvalue weighted by Crippen LogP contribution is 2.31. The quantitative estimate of drug-likeness (QED) is 0.276. The number of nitrogens with zero attached hydrogens (tertiary/aromatic N) is 3. The zero-order valence-electron chi connectivity index (χ0n) is 17.3. The lowest BCUT2D eigenvalue weighted by Gasteiger charge is -2.09. The molecule has 31 heavy (non-hydrogen) atoms. The summed E-state index contributed by atoms with van der Waals surface area (Å²) in [7, 11) is 0. The Kier molecular flexibility index (Phi) is 5.27. The average molecular weight is 424 g/mol. The number of benzene rings is 3. The van der Waals surface area contributed by atoms with Gasteiger partial charge in [0.05, 0.1) is 17.2 Å². The molecule has 2 aromatic heterocycles. The summed E-state index contributed by atoms with van der Waals surface area (Å²) >= 11 is 6.58. The molecule has 5 rings (SSSR count). The molecule has 0 bridgehead atoms. The molecule has 0 saturated heterocycles. The van der Waals surface area contributed by atoms with E-state index >= 15 is 0 Å². The van der Waals surface area contributed by atoms with Gasteiger partial charge in [0, 0.05) is 16.1 Å². The third kappa shape index (κ3) is 3.85. The third-order valence-electron chi connectivity index (χ3n) is 5.50. The van der Waals surface area contributed by atoms with Crippen LogP contribution in [0.2, 0.25) is 5.02 Å². The topological polar surface area (TPSA) is 30.7 Å². The first-order chi connectivity index (χ1) is 15.2. The fraction of sp³-hybridized carbons (Fsp3) is 0.111. The summed E-state index contributed by atoms with van der Waals surface area (Å²) in [5.41, 5.74) is 7.29. The summed E-state index contributed by atoms with van der Waals surface area (Å²) in [6.07, 6.45) is 10.0. The van der Waals surface area contributed by atoms with Gasteiger partial charge in [-0.2, -0.15) is 0 Å². The highest BCUT2D eigenvalue weighted by atomic mass is 35.5. The maximum absolute atomic E-state index is 6.58. The Labute approximate surface area is 186 Å². The van der Waals surface area contributed by atoms with Gasteiger partial charge in [0.15, 0.2) is 0 Å². The van der Waals surface area contributed by atoms with Gasteiger partial charge in [-0.05, 0) is 47.4 Å². The van der Waals surface area contributed by atoms with Crippen molar-refractivity contribution in [3.63, 3.8) is 0 Å². The zero-order valence-corrected chi connectivity index (χ0v) is 18.1. The lowest BCUT2D eigenvalue weighted by atomic mass is 10.1. The summed E-state index contributed by atoms with van der Waals surface area (Å²) < 4.78 is 2.13. The smallest absolute Gasteiger partial charge is 0.108 e. The van der Waals surface area contributed by atoms with Crippen LogP contribution in [0, 0.1) is 0 Å². The molecule has 0 unspecified atom stereocenters. The van der Waals surface area contributed by atoms with Crippen LogP contribution in [0.5, 0.6) is 0 Å². The van der Waals surface area contributed by atoms with Gasteiger partial charge in [-0.3, -0.25) is 9.55 Å². The first kappa shape index (κ1) is 19.5. The largest absolute Gasteiger partial charge is 0.298 e. The first-order valence-corrected chi connectivity index (χ1v) is 10.9. The molecule has 3 aromatic carbocycles. The van der Waals surface area contributed by atoms with Crippen molar-refractivity contribution in [1.82, 2.24) is 14.5 Å². The third-order valence-corrected chi connectivity index (χ3v) is 5.83. The monoisotopic (exact) mass is 423 g/mol. The van der Waals surface area contributed by atoms with Crippen molar-refractivity contribution < 1.29 is 0 Å². The van der Waals surface area contributed by atoms with E-state index in [1.54, 1.807) is 0 Å². The minimum absolute atomic E-state index is 0.682. The number of hydrogen-bond donors (Lipinski definition) is 0. The highest BCUT2D eigenvalue weighted by molar-refractivity contribution is 6.33. The molecule has 0 N–H and O–H groups in total. The molecule has 0 saturated carbocycles. The standard InChI is InChI=1S/C27H22ClN3/c1-2-6-19-10-13-22(14-11-19)31-18-30-26-17-29-25-16-24(28)21(15-23(25)27(26)31)12-9-20-7-4-3-5-8-20/h3-5,7-18H,2,6H2,1H3. The molecule has 3 nitrogen and oxygen atoms in total. The lowest BCUT2D eigenvalue weighted by molar-refractivity contribution is 0.920. The molecule has 0 fully saturated rings. The Hall–Kier alpha value is -3.43. The van der Waals surface area contributed by atoms with E-state index in [4.69, 9.17) is 11.6 Å². The Morgan fingerprint density at radius 3 is 2.48 bits per heavy atom. The normalized spacial score (nSPS) is 11.7. The van der Waals surface area contributed by atoms with Crippen LogP contribution >= 0.6 is 11.6 Å². The van der Waals surface area contributed by atoms with Gasteiger partial charge in [-0.15, -0.1) is 0 Å². The van der Waals surface area contributed by atoms with Crippen LogP contribution in [-0.4, -0.2) is 14.5 Å². The molecule has 0 spiro atoms. The van der Waals surface area contributed by atoms with Crippen LogP contribution in [0.4, 0.5) is 0 Å². The summed E-state index contributed by atoms with van der Waals surface area (Å²) in [5.74, 6) is 0. The van der Waals surface area contributed by atoms with Gasteiger partial charge in [0.25, 0.3) is 0 Å². The fourth-order valence-corrected chi connectivity index (χ4v) is 4.14. The first-order valence-electron chi connectivity index (χ1n) is 10.5. The van der Waals surface area contributed by atoms with Crippen LogP contribution in [0.3, 0.4) is 0 Å². The van der Waals surface area contributed by atoms with E-state index < -0.39 is 0 Å². The molecule has 0 aliphatic rings. The van der Waals surface area contributed by atoms with Crippen LogP contribution < -0.4 is 0 Å². The molecule has 5 aromatic rings. The van der Waals surface area contributed by atoms with E-state index in [1.807, 2.05) is 36.8 Å². The molecule has 0 aliphatic carbocycles. The molecule has 0 amide bonds. The van der Waals surface area contributed by atoms with E-state index in [2.05, 4.69) is 76.1 Å². The maximum atomic E-state index is 6.58. The van der Waals surface area contributed by atoms with Crippen LogP contribution in [0.1, 0.15) is 30.0 Å². The van der Waals surface area contributed by atoms with Crippen LogP contribution in [0.15, 0.2) is 79.3 Å². The Morgan fingerprint density at radius 1 is 0.903 bits per heavy atom. The van der Waals surface area contributed by atoms with Crippen molar-refractivity contribution in [3.8, 4) is 5.69 Å². The van der Waals surface area contributed by atoms with Crippen molar-refractivity contribution in [3.05, 3.63) is 101 Å². The molecule has 0 atom stereocenters. The molecular weight excluding hydrogens is 402 g/mol. The van der Waals surface area contributed by atoms with Crippen LogP contribution in [0.25, 0.3) is 39.8 Å². The van der Waals surface area contributed by atoms with E-state index in [-0.39, 0.29) is 0 Å². The van der Waals surface area contributed by atoms with Crippen LogP contribution in [-0.2, 0) is 6.42 Å². The molecular formula is C27H22ClN3. The molecule has 0 radical (unpaired) electrons. The van der Waals surface area contributed by atoms with Gasteiger partial charge in [0.2, 0.25) is 0 Å². The number of fused-ring (bicyclic) bond motifs is 3. The number of aryl methyl sites for hydroxylation is 1. The lowest BCUT2D eigenvalue weighted by Crippen LogP contribution is -1.94. The van der Waals surface area contributed by atoms with Crippen molar-refractivity contribution in [2.75, 3.05) is 0 Å². The second-order valence-electron chi connectivity index (χ2n) is 7.66. The van der Waals surface area contributed by atoms with Gasteiger partial charge >= 0.3 is 0 Å². The Balaban J connectivity index is 1.64. The van der Waals surface area contributed by atoms with Gasteiger partial charge < -0.3 is 0 Å². The fourth-order valence-electron chi connectivity index (χ4n) is 3.92. The zero-order chi connectivity index (χ0) is 21.2. The van der Waals surface area contributed by atoms with Gasteiger partial charge in [-0.25, -0.2) is 4.98 Å². The van der Waals surface area contributed by atoms with Crippen molar-refractivity contribution in [1.29, 1.82) is 0 Å². The number of hydrogen-bond acceptors (Lipinski definition) is 2. The highest BCUT2D eigenvalue weighted by Gasteiger charge is 2.12. The summed E-state index contributed by atoms with van der Waals surface area (Å²) in [6, 6.07) is 23.0. The average Bonchev–Trinajstić information content (AvgIpc) is 3.24. The number of aromatic nitrogens is 3. The van der Waals surface area contributed by atoms with Crippen molar-refractivity contribution >= 4 is 45.7 Å². The van der Waals surface area contributed by atoms with E-state index in [1.165, 1.54) is 5.56 Å². The van der Waals surface area contributed by atoms with Gasteiger partial charge in [0.1, 0.15) is 11.8 Å². The van der Waals surface area contributed by atoms with E-state index in [0.717, 1.165) is 51.6 Å². The van der Waals surface area contributed by atoms with Crippen molar-refractivity contribution in [2.45, 2.75) is 19.8 Å². The second kappa shape index (κ2) is 8.37. The number of imidazole rings is 1. The SMILES string of the molecule is CCCc1ccc(-n2cnc3cnc4cc(Cl)c(C=Cc5ccccc5)cc4c32)cc1. The summed E-state index contributed by atoms with van der Waals surface area (Å²) in [4.78, 5) is 9.19. The molecule has 4 heteroatoms. The van der Waals surface area contributed by atoms with E-state index in [9.17, 15) is 0 Å². The van der Waals surface area contributed by atoms with E-state index in [0.29, 0.717) is 5.02 Å². The Bertz CT molecular complexity index is 1380. The summed E-state index contributed by atoms with van der Waals surface area (Å²) in [5, 5.41) is 1.71. The minimum atomic E-state index is 0.682.